The Hall–Kier alpha value is -1.49. The zero-order chi connectivity index (χ0) is 13.1. The smallest absolute Gasteiger partial charge is 0.242 e. The molecule has 0 N–H and O–H groups in total. The molecule has 2 rings (SSSR count). The van der Waals surface area contributed by atoms with Gasteiger partial charge < -0.3 is 4.52 Å². The fourth-order valence-electron chi connectivity index (χ4n) is 1.64. The lowest BCUT2D eigenvalue weighted by atomic mass is 10.1. The predicted molar refractivity (Wildman–Crippen MR) is 70.5 cm³/mol. The number of nitrogens with zero attached hydrogens (tertiary/aromatic N) is 2. The van der Waals surface area contributed by atoms with Crippen LogP contribution in [0.3, 0.4) is 0 Å². The molecule has 0 radical (unpaired) electrons. The first-order valence-corrected chi connectivity index (χ1v) is 7.18. The third kappa shape index (κ3) is 2.85. The van der Waals surface area contributed by atoms with E-state index in [0.717, 1.165) is 11.1 Å². The van der Waals surface area contributed by atoms with Gasteiger partial charge in [-0.15, -0.1) is 0 Å². The minimum atomic E-state index is -1.06. The summed E-state index contributed by atoms with van der Waals surface area (Å²) in [6.07, 6.45) is 0. The molecule has 0 spiro atoms. The summed E-state index contributed by atoms with van der Waals surface area (Å²) < 4.78 is 17.3. The highest BCUT2D eigenvalue weighted by atomic mass is 32.2. The summed E-state index contributed by atoms with van der Waals surface area (Å²) in [4.78, 5) is 4.12. The second-order valence-electron chi connectivity index (χ2n) is 4.27. The van der Waals surface area contributed by atoms with E-state index in [2.05, 4.69) is 10.1 Å². The van der Waals surface area contributed by atoms with Crippen molar-refractivity contribution in [2.45, 2.75) is 31.8 Å². The Morgan fingerprint density at radius 2 is 2.06 bits per heavy atom. The molecule has 0 fully saturated rings. The number of rotatable bonds is 4. The summed E-state index contributed by atoms with van der Waals surface area (Å²) in [5, 5.41) is 3.48. The summed E-state index contributed by atoms with van der Waals surface area (Å²) in [6.45, 7) is 5.62. The normalized spacial score (nSPS) is 14.4. The van der Waals surface area contributed by atoms with E-state index >= 15 is 0 Å². The quantitative estimate of drug-likeness (QED) is 0.852. The maximum absolute atomic E-state index is 12.3. The molecule has 1 heterocycles. The van der Waals surface area contributed by atoms with Crippen LogP contribution in [0, 0.1) is 13.8 Å². The first-order valence-electron chi connectivity index (χ1n) is 5.80. The summed E-state index contributed by atoms with van der Waals surface area (Å²) in [6, 6.07) is 7.96. The SMILES string of the molecule is Cc1noc([C@H](C)[S@](=O)Cc2ccccc2C)n1. The lowest BCUT2D eigenvalue weighted by molar-refractivity contribution is 0.375. The highest BCUT2D eigenvalue weighted by molar-refractivity contribution is 7.84. The van der Waals surface area contributed by atoms with Crippen LogP contribution in [0.25, 0.3) is 0 Å². The molecule has 0 aliphatic heterocycles. The Kier molecular flexibility index (Phi) is 3.91. The molecule has 5 heteroatoms. The zero-order valence-corrected chi connectivity index (χ0v) is 11.5. The number of benzene rings is 1. The molecule has 1 aromatic heterocycles. The largest absolute Gasteiger partial charge is 0.338 e. The highest BCUT2D eigenvalue weighted by Crippen LogP contribution is 2.21. The van der Waals surface area contributed by atoms with Crippen molar-refractivity contribution >= 4 is 10.8 Å². The van der Waals surface area contributed by atoms with E-state index in [1.54, 1.807) is 6.92 Å². The topological polar surface area (TPSA) is 56.0 Å². The molecule has 0 unspecified atom stereocenters. The predicted octanol–water partition coefficient (Wildman–Crippen LogP) is 2.70. The summed E-state index contributed by atoms with van der Waals surface area (Å²) in [5.74, 6) is 1.53. The summed E-state index contributed by atoms with van der Waals surface area (Å²) in [7, 11) is -1.06. The molecule has 18 heavy (non-hydrogen) atoms. The molecular formula is C13H16N2O2S. The van der Waals surface area contributed by atoms with Gasteiger partial charge in [-0.2, -0.15) is 4.98 Å². The van der Waals surface area contributed by atoms with Crippen LogP contribution in [0.1, 0.15) is 35.0 Å². The van der Waals surface area contributed by atoms with E-state index in [4.69, 9.17) is 4.52 Å². The average molecular weight is 264 g/mol. The van der Waals surface area contributed by atoms with Gasteiger partial charge in [0.2, 0.25) is 5.89 Å². The maximum Gasteiger partial charge on any atom is 0.242 e. The average Bonchev–Trinajstić information content (AvgIpc) is 2.78. The van der Waals surface area contributed by atoms with Crippen molar-refractivity contribution < 1.29 is 8.73 Å². The molecule has 1 aromatic carbocycles. The second kappa shape index (κ2) is 5.44. The summed E-state index contributed by atoms with van der Waals surface area (Å²) in [5.41, 5.74) is 2.25. The molecule has 0 aliphatic rings. The standard InChI is InChI=1S/C13H16N2O2S/c1-9-6-4-5-7-12(9)8-18(16)10(2)13-14-11(3)15-17-13/h4-7,10H,8H2,1-3H3/t10-,18+/m0/s1. The monoisotopic (exact) mass is 264 g/mol. The van der Waals surface area contributed by atoms with Crippen LogP contribution >= 0.6 is 0 Å². The molecule has 0 saturated carbocycles. The van der Waals surface area contributed by atoms with E-state index in [1.165, 1.54) is 0 Å². The van der Waals surface area contributed by atoms with E-state index in [9.17, 15) is 4.21 Å². The van der Waals surface area contributed by atoms with E-state index in [1.807, 2.05) is 38.1 Å². The van der Waals surface area contributed by atoms with Crippen LogP contribution in [0.15, 0.2) is 28.8 Å². The van der Waals surface area contributed by atoms with Crippen LogP contribution in [0.5, 0.6) is 0 Å². The first-order chi connectivity index (χ1) is 8.58. The molecule has 0 aliphatic carbocycles. The number of hydrogen-bond donors (Lipinski definition) is 0. The van der Waals surface area contributed by atoms with Crippen molar-refractivity contribution in [3.8, 4) is 0 Å². The van der Waals surface area contributed by atoms with Crippen molar-refractivity contribution in [1.29, 1.82) is 0 Å². The Labute approximate surface area is 109 Å². The van der Waals surface area contributed by atoms with Crippen LogP contribution in [0.4, 0.5) is 0 Å². The molecule has 0 bridgehead atoms. The third-order valence-corrected chi connectivity index (χ3v) is 4.43. The Morgan fingerprint density at radius 3 is 2.67 bits per heavy atom. The van der Waals surface area contributed by atoms with Gasteiger partial charge in [-0.05, 0) is 31.9 Å². The molecule has 96 valence electrons. The van der Waals surface area contributed by atoms with Crippen molar-refractivity contribution in [1.82, 2.24) is 10.1 Å². The van der Waals surface area contributed by atoms with Crippen molar-refractivity contribution in [2.75, 3.05) is 0 Å². The van der Waals surface area contributed by atoms with E-state index in [-0.39, 0.29) is 5.25 Å². The van der Waals surface area contributed by atoms with Crippen molar-refractivity contribution in [3.05, 3.63) is 47.1 Å². The van der Waals surface area contributed by atoms with E-state index < -0.39 is 10.8 Å². The number of hydrogen-bond acceptors (Lipinski definition) is 4. The fourth-order valence-corrected chi connectivity index (χ4v) is 2.84. The molecule has 4 nitrogen and oxygen atoms in total. The lowest BCUT2D eigenvalue weighted by Gasteiger charge is -2.08. The summed E-state index contributed by atoms with van der Waals surface area (Å²) >= 11 is 0. The van der Waals surface area contributed by atoms with Gasteiger partial charge in [0, 0.05) is 16.6 Å². The minimum absolute atomic E-state index is 0.245. The van der Waals surface area contributed by atoms with Gasteiger partial charge in [-0.25, -0.2) is 0 Å². The lowest BCUT2D eigenvalue weighted by Crippen LogP contribution is -2.06. The molecular weight excluding hydrogens is 248 g/mol. The minimum Gasteiger partial charge on any atom is -0.338 e. The van der Waals surface area contributed by atoms with Gasteiger partial charge >= 0.3 is 0 Å². The van der Waals surface area contributed by atoms with Gasteiger partial charge in [-0.3, -0.25) is 4.21 Å². The van der Waals surface area contributed by atoms with Crippen LogP contribution in [0.2, 0.25) is 0 Å². The Morgan fingerprint density at radius 1 is 1.33 bits per heavy atom. The first kappa shape index (κ1) is 13.0. The van der Waals surface area contributed by atoms with Gasteiger partial charge in [0.15, 0.2) is 5.82 Å². The number of aromatic nitrogens is 2. The van der Waals surface area contributed by atoms with Crippen LogP contribution in [-0.4, -0.2) is 14.3 Å². The van der Waals surface area contributed by atoms with Crippen LogP contribution < -0.4 is 0 Å². The Balaban J connectivity index is 2.11. The van der Waals surface area contributed by atoms with Crippen molar-refractivity contribution in [2.24, 2.45) is 0 Å². The Bertz CT molecular complexity index is 566. The van der Waals surface area contributed by atoms with Crippen molar-refractivity contribution in [3.63, 3.8) is 0 Å². The van der Waals surface area contributed by atoms with Gasteiger partial charge in [-0.1, -0.05) is 29.4 Å². The molecule has 2 aromatic rings. The number of aryl methyl sites for hydroxylation is 2. The zero-order valence-electron chi connectivity index (χ0n) is 10.7. The molecule has 0 amide bonds. The third-order valence-electron chi connectivity index (χ3n) is 2.84. The van der Waals surface area contributed by atoms with E-state index in [0.29, 0.717) is 17.5 Å². The van der Waals surface area contributed by atoms with Gasteiger partial charge in [0.1, 0.15) is 5.25 Å². The second-order valence-corrected chi connectivity index (χ2v) is 6.03. The fraction of sp³-hybridized carbons (Fsp3) is 0.385. The van der Waals surface area contributed by atoms with Crippen LogP contribution in [-0.2, 0) is 16.6 Å². The molecule has 2 atom stereocenters. The molecule has 0 saturated heterocycles. The van der Waals surface area contributed by atoms with Gasteiger partial charge in [0.05, 0.1) is 0 Å². The van der Waals surface area contributed by atoms with Gasteiger partial charge in [0.25, 0.3) is 0 Å². The maximum atomic E-state index is 12.3. The highest BCUT2D eigenvalue weighted by Gasteiger charge is 2.20.